The molecule has 4 rings (SSSR count). The highest BCUT2D eigenvalue weighted by Crippen LogP contribution is 2.40. The fourth-order valence-electron chi connectivity index (χ4n) is 3.32. The summed E-state index contributed by atoms with van der Waals surface area (Å²) >= 11 is 1.12. The number of aliphatic hydroxyl groups is 1. The van der Waals surface area contributed by atoms with Crippen LogP contribution in [0.2, 0.25) is 0 Å². The van der Waals surface area contributed by atoms with E-state index in [0.29, 0.717) is 32.7 Å². The molecule has 0 spiro atoms. The van der Waals surface area contributed by atoms with Crippen molar-refractivity contribution in [1.29, 1.82) is 0 Å². The Morgan fingerprint density at radius 2 is 1.82 bits per heavy atom. The molecule has 0 atom stereocenters. The Kier molecular flexibility index (Phi) is 6.70. The summed E-state index contributed by atoms with van der Waals surface area (Å²) in [6.45, 7) is 3.80. The van der Waals surface area contributed by atoms with Gasteiger partial charge in [-0.15, -0.1) is 0 Å². The summed E-state index contributed by atoms with van der Waals surface area (Å²) < 4.78 is 11.0. The van der Waals surface area contributed by atoms with Crippen molar-refractivity contribution in [2.45, 2.75) is 13.8 Å². The van der Waals surface area contributed by atoms with Crippen LogP contribution in [0, 0.1) is 6.92 Å². The topological polar surface area (TPSA) is 109 Å². The molecule has 0 fully saturated rings. The zero-order chi connectivity index (χ0) is 24.2. The van der Waals surface area contributed by atoms with Gasteiger partial charge in [0.25, 0.3) is 0 Å². The second-order valence-corrected chi connectivity index (χ2v) is 8.39. The number of furan rings is 1. The van der Waals surface area contributed by atoms with Gasteiger partial charge in [-0.05, 0) is 50.3 Å². The second kappa shape index (κ2) is 9.84. The molecule has 1 aliphatic rings. The lowest BCUT2D eigenvalue weighted by atomic mass is 10.1. The van der Waals surface area contributed by atoms with Crippen LogP contribution in [0.4, 0.5) is 5.69 Å². The number of esters is 1. The second-order valence-electron chi connectivity index (χ2n) is 7.36. The predicted molar refractivity (Wildman–Crippen MR) is 131 cm³/mol. The number of aliphatic imine (C=N–C) groups is 1. The smallest absolute Gasteiger partial charge is 0.344 e. The number of aliphatic hydroxyl groups excluding tert-OH is 1. The first-order valence-corrected chi connectivity index (χ1v) is 11.3. The van der Waals surface area contributed by atoms with Crippen LogP contribution >= 0.6 is 11.8 Å². The van der Waals surface area contributed by atoms with Gasteiger partial charge in [0, 0.05) is 5.56 Å². The van der Waals surface area contributed by atoms with E-state index in [2.05, 4.69) is 4.99 Å². The Bertz CT molecular complexity index is 1350. The summed E-state index contributed by atoms with van der Waals surface area (Å²) in [5.41, 5.74) is 2.25. The summed E-state index contributed by atoms with van der Waals surface area (Å²) in [4.78, 5) is 29.0. The summed E-state index contributed by atoms with van der Waals surface area (Å²) in [6.07, 6.45) is 1.57. The van der Waals surface area contributed by atoms with Gasteiger partial charge in [0.1, 0.15) is 27.9 Å². The maximum atomic E-state index is 12.6. The first kappa shape index (κ1) is 23.1. The third kappa shape index (κ3) is 4.82. The van der Waals surface area contributed by atoms with Gasteiger partial charge in [0.2, 0.25) is 0 Å². The maximum absolute atomic E-state index is 12.6. The highest BCUT2D eigenvalue weighted by molar-refractivity contribution is 8.18. The molecule has 0 bridgehead atoms. The Morgan fingerprint density at radius 1 is 1.09 bits per heavy atom. The van der Waals surface area contributed by atoms with Crippen molar-refractivity contribution in [3.05, 3.63) is 93.8 Å². The van der Waals surface area contributed by atoms with Crippen LogP contribution in [0.15, 0.2) is 86.3 Å². The number of carboxylic acids is 1. The molecular formula is C26H21NO6S. The molecule has 0 amide bonds. The molecule has 7 nitrogen and oxygen atoms in total. The van der Waals surface area contributed by atoms with Gasteiger partial charge < -0.3 is 19.4 Å². The zero-order valence-electron chi connectivity index (χ0n) is 18.4. The number of thioether (sulfide) groups is 1. The van der Waals surface area contributed by atoms with Crippen molar-refractivity contribution < 1.29 is 29.0 Å². The van der Waals surface area contributed by atoms with Crippen LogP contribution in [-0.2, 0) is 9.53 Å². The third-order valence-corrected chi connectivity index (χ3v) is 5.98. The van der Waals surface area contributed by atoms with Crippen molar-refractivity contribution in [3.8, 4) is 11.3 Å². The van der Waals surface area contributed by atoms with Gasteiger partial charge in [-0.2, -0.15) is 0 Å². The van der Waals surface area contributed by atoms with E-state index in [-0.39, 0.29) is 23.5 Å². The quantitative estimate of drug-likeness (QED) is 0.412. The standard InChI is InChI=1S/C26H21NO6S/c1-3-32-26(31)22-23(28)21(34-24(22)27-16-10-8-15(2)9-11-16)14-17-12-13-20(33-17)18-6-4-5-7-19(18)25(29)30/h4-14,28H,3H2,1-2H3,(H,29,30)/b21-14+,27-24?. The first-order chi connectivity index (χ1) is 16.4. The Labute approximate surface area is 200 Å². The maximum Gasteiger partial charge on any atom is 0.344 e. The van der Waals surface area contributed by atoms with E-state index in [1.807, 2.05) is 31.2 Å². The van der Waals surface area contributed by atoms with Gasteiger partial charge in [0.05, 0.1) is 22.8 Å². The molecule has 172 valence electrons. The van der Waals surface area contributed by atoms with Crippen molar-refractivity contribution in [3.63, 3.8) is 0 Å². The number of ether oxygens (including phenoxy) is 1. The van der Waals surface area contributed by atoms with E-state index in [1.54, 1.807) is 43.3 Å². The predicted octanol–water partition coefficient (Wildman–Crippen LogP) is 6.15. The van der Waals surface area contributed by atoms with Crippen LogP contribution in [-0.4, -0.2) is 33.8 Å². The van der Waals surface area contributed by atoms with Crippen LogP contribution < -0.4 is 0 Å². The minimum absolute atomic E-state index is 0.0123. The number of carbonyl (C=O) groups is 2. The van der Waals surface area contributed by atoms with Crippen LogP contribution in [0.5, 0.6) is 0 Å². The van der Waals surface area contributed by atoms with Gasteiger partial charge >= 0.3 is 11.9 Å². The Balaban J connectivity index is 1.71. The van der Waals surface area contributed by atoms with Gasteiger partial charge in [-0.25, -0.2) is 14.6 Å². The first-order valence-electron chi connectivity index (χ1n) is 10.5. The van der Waals surface area contributed by atoms with Crippen LogP contribution in [0.3, 0.4) is 0 Å². The highest BCUT2D eigenvalue weighted by atomic mass is 32.2. The average molecular weight is 476 g/mol. The molecule has 1 aliphatic heterocycles. The molecule has 3 aromatic rings. The summed E-state index contributed by atoms with van der Waals surface area (Å²) in [7, 11) is 0. The molecule has 0 radical (unpaired) electrons. The van der Waals surface area contributed by atoms with E-state index < -0.39 is 11.9 Å². The monoisotopic (exact) mass is 475 g/mol. The Morgan fingerprint density at radius 3 is 2.53 bits per heavy atom. The molecule has 0 aliphatic carbocycles. The number of carboxylic acid groups (broad SMARTS) is 1. The summed E-state index contributed by atoms with van der Waals surface area (Å²) in [5.74, 6) is -1.23. The number of nitrogens with zero attached hydrogens (tertiary/aromatic N) is 1. The number of aryl methyl sites for hydroxylation is 1. The van der Waals surface area contributed by atoms with Gasteiger partial charge in [0.15, 0.2) is 0 Å². The number of rotatable bonds is 6. The molecule has 34 heavy (non-hydrogen) atoms. The van der Waals surface area contributed by atoms with Gasteiger partial charge in [-0.3, -0.25) is 0 Å². The molecule has 0 unspecified atom stereocenters. The molecule has 0 saturated carbocycles. The molecule has 1 aromatic heterocycles. The van der Waals surface area contributed by atoms with Crippen LogP contribution in [0.1, 0.15) is 28.6 Å². The largest absolute Gasteiger partial charge is 0.506 e. The molecule has 8 heteroatoms. The van der Waals surface area contributed by atoms with E-state index in [0.717, 1.165) is 17.3 Å². The minimum atomic E-state index is -1.06. The number of carbonyl (C=O) groups excluding carboxylic acids is 1. The summed E-state index contributed by atoms with van der Waals surface area (Å²) in [5, 5.41) is 20.6. The van der Waals surface area contributed by atoms with Crippen molar-refractivity contribution in [2.24, 2.45) is 4.99 Å². The lowest BCUT2D eigenvalue weighted by Gasteiger charge is -2.04. The number of aromatic carboxylic acids is 1. The van der Waals surface area contributed by atoms with E-state index in [1.165, 1.54) is 6.07 Å². The fraction of sp³-hybridized carbons (Fsp3) is 0.115. The highest BCUT2D eigenvalue weighted by Gasteiger charge is 2.33. The number of hydrogen-bond donors (Lipinski definition) is 2. The van der Waals surface area contributed by atoms with Crippen LogP contribution in [0.25, 0.3) is 17.4 Å². The molecule has 2 aromatic carbocycles. The average Bonchev–Trinajstić information content (AvgIpc) is 3.40. The van der Waals surface area contributed by atoms with E-state index >= 15 is 0 Å². The number of hydrogen-bond acceptors (Lipinski definition) is 7. The van der Waals surface area contributed by atoms with Crippen molar-refractivity contribution in [2.75, 3.05) is 6.61 Å². The SMILES string of the molecule is CCOC(=O)C1=C(O)/C(=C\c2ccc(-c3ccccc3C(=O)O)o2)SC1=Nc1ccc(C)cc1. The zero-order valence-corrected chi connectivity index (χ0v) is 19.3. The third-order valence-electron chi connectivity index (χ3n) is 4.96. The summed E-state index contributed by atoms with van der Waals surface area (Å²) in [6, 6.07) is 17.3. The van der Waals surface area contributed by atoms with E-state index in [9.17, 15) is 19.8 Å². The van der Waals surface area contributed by atoms with Gasteiger partial charge in [-0.1, -0.05) is 47.7 Å². The normalized spacial score (nSPS) is 15.8. The molecule has 2 N–H and O–H groups in total. The van der Waals surface area contributed by atoms with E-state index in [4.69, 9.17) is 9.15 Å². The number of benzene rings is 2. The van der Waals surface area contributed by atoms with Crippen molar-refractivity contribution >= 4 is 40.5 Å². The fourth-order valence-corrected chi connectivity index (χ4v) is 4.33. The lowest BCUT2D eigenvalue weighted by molar-refractivity contribution is -0.138. The van der Waals surface area contributed by atoms with Crippen molar-refractivity contribution in [1.82, 2.24) is 0 Å². The lowest BCUT2D eigenvalue weighted by Crippen LogP contribution is -2.12. The Hall–Kier alpha value is -4.04. The minimum Gasteiger partial charge on any atom is -0.506 e. The molecule has 0 saturated heterocycles. The molecular weight excluding hydrogens is 454 g/mol. The molecule has 2 heterocycles.